The van der Waals surface area contributed by atoms with Crippen LogP contribution in [0, 0.1) is 11.7 Å². The van der Waals surface area contributed by atoms with Crippen molar-refractivity contribution < 1.29 is 14.3 Å². The zero-order valence-electron chi connectivity index (χ0n) is 9.58. The highest BCUT2D eigenvalue weighted by molar-refractivity contribution is 5.96. The Balaban J connectivity index is 1.85. The Morgan fingerprint density at radius 1 is 1.47 bits per heavy atom. The molecule has 0 spiro atoms. The number of hydrogen-bond donors (Lipinski definition) is 2. The molecule has 1 aliphatic rings. The normalized spacial score (nSPS) is 15.4. The Bertz CT molecular complexity index is 416. The summed E-state index contributed by atoms with van der Waals surface area (Å²) in [6.45, 7) is 0.611. The van der Waals surface area contributed by atoms with E-state index >= 15 is 0 Å². The summed E-state index contributed by atoms with van der Waals surface area (Å²) < 4.78 is 12.7. The predicted octanol–water partition coefficient (Wildman–Crippen LogP) is 2.45. The molecule has 0 heterocycles. The first-order chi connectivity index (χ1) is 8.16. The van der Waals surface area contributed by atoms with E-state index in [0.717, 1.165) is 18.4 Å². The third kappa shape index (κ3) is 2.96. The van der Waals surface area contributed by atoms with Gasteiger partial charge in [0, 0.05) is 12.6 Å². The van der Waals surface area contributed by atoms with Crippen LogP contribution in [-0.4, -0.2) is 17.6 Å². The Morgan fingerprint density at radius 3 is 2.82 bits per heavy atom. The van der Waals surface area contributed by atoms with Gasteiger partial charge in [-0.2, -0.15) is 0 Å². The van der Waals surface area contributed by atoms with Gasteiger partial charge in [0.2, 0.25) is 0 Å². The van der Waals surface area contributed by atoms with Crippen LogP contribution in [0.1, 0.15) is 36.0 Å². The fourth-order valence-corrected chi connectivity index (χ4v) is 1.96. The number of phenols is 1. The number of benzene rings is 1. The van der Waals surface area contributed by atoms with Gasteiger partial charge in [0.25, 0.3) is 5.91 Å². The van der Waals surface area contributed by atoms with Crippen LogP contribution in [0.3, 0.4) is 0 Å². The molecular formula is C13H16FNO2. The molecule has 0 unspecified atom stereocenters. The molecule has 1 aromatic carbocycles. The van der Waals surface area contributed by atoms with Gasteiger partial charge in [0.1, 0.15) is 11.6 Å². The largest absolute Gasteiger partial charge is 0.507 e. The molecule has 2 N–H and O–H groups in total. The summed E-state index contributed by atoms with van der Waals surface area (Å²) in [4.78, 5) is 11.7. The van der Waals surface area contributed by atoms with Crippen molar-refractivity contribution in [3.05, 3.63) is 29.6 Å². The van der Waals surface area contributed by atoms with Crippen LogP contribution in [0.25, 0.3) is 0 Å². The number of aromatic hydroxyl groups is 1. The molecule has 1 amide bonds. The molecule has 1 aliphatic carbocycles. The van der Waals surface area contributed by atoms with Gasteiger partial charge in [0.15, 0.2) is 0 Å². The number of hydrogen-bond acceptors (Lipinski definition) is 2. The minimum Gasteiger partial charge on any atom is -0.507 e. The lowest BCUT2D eigenvalue weighted by Gasteiger charge is -2.25. The Kier molecular flexibility index (Phi) is 3.61. The third-order valence-electron chi connectivity index (χ3n) is 3.27. The van der Waals surface area contributed by atoms with E-state index in [1.54, 1.807) is 0 Å². The number of rotatable bonds is 4. The molecule has 17 heavy (non-hydrogen) atoms. The van der Waals surface area contributed by atoms with E-state index < -0.39 is 5.82 Å². The van der Waals surface area contributed by atoms with E-state index in [1.807, 2.05) is 0 Å². The van der Waals surface area contributed by atoms with E-state index in [-0.39, 0.29) is 17.2 Å². The predicted molar refractivity (Wildman–Crippen MR) is 62.4 cm³/mol. The van der Waals surface area contributed by atoms with Crippen LogP contribution < -0.4 is 5.32 Å². The van der Waals surface area contributed by atoms with E-state index in [2.05, 4.69) is 5.32 Å². The molecule has 4 heteroatoms. The van der Waals surface area contributed by atoms with Crippen molar-refractivity contribution in [2.45, 2.75) is 25.7 Å². The standard InChI is InChI=1S/C13H16FNO2/c14-10-4-5-11(12(16)8-10)13(17)15-7-6-9-2-1-3-9/h4-5,8-9,16H,1-3,6-7H2,(H,15,17). The van der Waals surface area contributed by atoms with E-state index in [1.165, 1.54) is 31.4 Å². The summed E-state index contributed by atoms with van der Waals surface area (Å²) in [5, 5.41) is 12.2. The summed E-state index contributed by atoms with van der Waals surface area (Å²) in [5.74, 6) is -0.474. The van der Waals surface area contributed by atoms with Crippen LogP contribution >= 0.6 is 0 Å². The first kappa shape index (κ1) is 11.9. The molecule has 1 aromatic rings. The number of phenolic OH excluding ortho intramolecular Hbond substituents is 1. The van der Waals surface area contributed by atoms with Crippen LogP contribution in [0.2, 0.25) is 0 Å². The molecule has 0 atom stereocenters. The summed E-state index contributed by atoms with van der Waals surface area (Å²) in [5.41, 5.74) is 0.125. The second-order valence-electron chi connectivity index (χ2n) is 4.50. The van der Waals surface area contributed by atoms with Gasteiger partial charge in [0.05, 0.1) is 5.56 Å². The van der Waals surface area contributed by atoms with Crippen LogP contribution in [0.15, 0.2) is 18.2 Å². The fraction of sp³-hybridized carbons (Fsp3) is 0.462. The Labute approximate surface area is 99.7 Å². The van der Waals surface area contributed by atoms with E-state index in [0.29, 0.717) is 6.54 Å². The van der Waals surface area contributed by atoms with Crippen molar-refractivity contribution in [1.82, 2.24) is 5.32 Å². The molecular weight excluding hydrogens is 221 g/mol. The summed E-state index contributed by atoms with van der Waals surface area (Å²) >= 11 is 0. The highest BCUT2D eigenvalue weighted by Crippen LogP contribution is 2.28. The van der Waals surface area contributed by atoms with Crippen molar-refractivity contribution >= 4 is 5.91 Å². The smallest absolute Gasteiger partial charge is 0.255 e. The van der Waals surface area contributed by atoms with Crippen LogP contribution in [0.5, 0.6) is 5.75 Å². The number of carbonyl (C=O) groups is 1. The monoisotopic (exact) mass is 237 g/mol. The van der Waals surface area contributed by atoms with Crippen LogP contribution in [-0.2, 0) is 0 Å². The molecule has 0 radical (unpaired) electrons. The zero-order valence-corrected chi connectivity index (χ0v) is 9.58. The number of nitrogens with one attached hydrogen (secondary N) is 1. The maximum absolute atomic E-state index is 12.7. The van der Waals surface area contributed by atoms with Crippen molar-refractivity contribution in [1.29, 1.82) is 0 Å². The second-order valence-corrected chi connectivity index (χ2v) is 4.50. The number of halogens is 1. The molecule has 92 valence electrons. The molecule has 0 aromatic heterocycles. The molecule has 1 saturated carbocycles. The van der Waals surface area contributed by atoms with Gasteiger partial charge in [-0.1, -0.05) is 19.3 Å². The minimum absolute atomic E-state index is 0.125. The second kappa shape index (κ2) is 5.17. The average Bonchev–Trinajstić information content (AvgIpc) is 2.21. The van der Waals surface area contributed by atoms with Gasteiger partial charge < -0.3 is 10.4 Å². The first-order valence-electron chi connectivity index (χ1n) is 5.93. The third-order valence-corrected chi connectivity index (χ3v) is 3.27. The Hall–Kier alpha value is -1.58. The van der Waals surface area contributed by atoms with Gasteiger partial charge in [-0.25, -0.2) is 4.39 Å². The summed E-state index contributed by atoms with van der Waals surface area (Å²) in [7, 11) is 0. The van der Waals surface area contributed by atoms with Crippen molar-refractivity contribution in [3.63, 3.8) is 0 Å². The molecule has 2 rings (SSSR count). The van der Waals surface area contributed by atoms with E-state index in [9.17, 15) is 14.3 Å². The number of carbonyl (C=O) groups excluding carboxylic acids is 1. The summed E-state index contributed by atoms with van der Waals surface area (Å²) in [6.07, 6.45) is 4.76. The Morgan fingerprint density at radius 2 is 2.24 bits per heavy atom. The van der Waals surface area contributed by atoms with Gasteiger partial charge >= 0.3 is 0 Å². The average molecular weight is 237 g/mol. The topological polar surface area (TPSA) is 49.3 Å². The lowest BCUT2D eigenvalue weighted by molar-refractivity contribution is 0.0946. The molecule has 0 bridgehead atoms. The lowest BCUT2D eigenvalue weighted by Crippen LogP contribution is -2.27. The zero-order chi connectivity index (χ0) is 12.3. The van der Waals surface area contributed by atoms with Crippen LogP contribution in [0.4, 0.5) is 4.39 Å². The minimum atomic E-state index is -0.548. The van der Waals surface area contributed by atoms with Crippen molar-refractivity contribution in [2.75, 3.05) is 6.54 Å². The highest BCUT2D eigenvalue weighted by atomic mass is 19.1. The quantitative estimate of drug-likeness (QED) is 0.845. The molecule has 0 aliphatic heterocycles. The first-order valence-corrected chi connectivity index (χ1v) is 5.93. The number of amides is 1. The SMILES string of the molecule is O=C(NCCC1CCC1)c1ccc(F)cc1O. The molecule has 0 saturated heterocycles. The van der Waals surface area contributed by atoms with Crippen molar-refractivity contribution in [2.24, 2.45) is 5.92 Å². The molecule has 3 nitrogen and oxygen atoms in total. The highest BCUT2D eigenvalue weighted by Gasteiger charge is 2.17. The lowest BCUT2D eigenvalue weighted by atomic mass is 9.83. The summed E-state index contributed by atoms with van der Waals surface area (Å²) in [6, 6.07) is 3.41. The maximum atomic E-state index is 12.7. The van der Waals surface area contributed by atoms with Crippen molar-refractivity contribution in [3.8, 4) is 5.75 Å². The molecule has 1 fully saturated rings. The van der Waals surface area contributed by atoms with Gasteiger partial charge in [-0.3, -0.25) is 4.79 Å². The van der Waals surface area contributed by atoms with Gasteiger partial charge in [-0.05, 0) is 24.5 Å². The van der Waals surface area contributed by atoms with Gasteiger partial charge in [-0.15, -0.1) is 0 Å². The maximum Gasteiger partial charge on any atom is 0.255 e. The fourth-order valence-electron chi connectivity index (χ4n) is 1.96. The van der Waals surface area contributed by atoms with E-state index in [4.69, 9.17) is 0 Å².